The quantitative estimate of drug-likeness (QED) is 0.687. The molecular weight excluding hydrogens is 360 g/mol. The fourth-order valence-electron chi connectivity index (χ4n) is 2.59. The van der Waals surface area contributed by atoms with Crippen LogP contribution in [-0.4, -0.2) is 24.7 Å². The van der Waals surface area contributed by atoms with Crippen molar-refractivity contribution in [2.24, 2.45) is 4.99 Å². The summed E-state index contributed by atoms with van der Waals surface area (Å²) >= 11 is 7.75. The number of aryl methyl sites for hydroxylation is 1. The van der Waals surface area contributed by atoms with Crippen molar-refractivity contribution in [2.75, 3.05) is 14.2 Å². The first-order valence-corrected chi connectivity index (χ1v) is 8.87. The van der Waals surface area contributed by atoms with Crippen LogP contribution in [0.4, 0.5) is 0 Å². The van der Waals surface area contributed by atoms with Crippen LogP contribution in [0, 0.1) is 0 Å². The summed E-state index contributed by atoms with van der Waals surface area (Å²) in [6.07, 6.45) is 0. The second-order valence-electron chi connectivity index (χ2n) is 5.20. The minimum Gasteiger partial charge on any atom is -0.493 e. The maximum absolute atomic E-state index is 12.6. The minimum atomic E-state index is -0.342. The fourth-order valence-corrected chi connectivity index (χ4v) is 4.04. The SMILES string of the molecule is CCn1c(=NC(=O)c2ccc(OC)c(OC)c2)sc2cccc(Cl)c21. The number of carbonyl (C=O) groups is 1. The largest absolute Gasteiger partial charge is 0.493 e. The molecule has 25 heavy (non-hydrogen) atoms. The highest BCUT2D eigenvalue weighted by Crippen LogP contribution is 2.28. The number of nitrogens with zero attached hydrogens (tertiary/aromatic N) is 2. The number of halogens is 1. The molecular formula is C18H17ClN2O3S. The maximum Gasteiger partial charge on any atom is 0.279 e. The zero-order valence-corrected chi connectivity index (χ0v) is 15.6. The van der Waals surface area contributed by atoms with Crippen LogP contribution < -0.4 is 14.3 Å². The van der Waals surface area contributed by atoms with Gasteiger partial charge in [0.05, 0.1) is 29.5 Å². The van der Waals surface area contributed by atoms with Gasteiger partial charge in [0.15, 0.2) is 16.3 Å². The van der Waals surface area contributed by atoms with E-state index in [1.165, 1.54) is 18.4 Å². The summed E-state index contributed by atoms with van der Waals surface area (Å²) in [5.41, 5.74) is 1.33. The van der Waals surface area contributed by atoms with E-state index in [0.29, 0.717) is 33.4 Å². The Balaban J connectivity index is 2.10. The van der Waals surface area contributed by atoms with Crippen LogP contribution in [0.1, 0.15) is 17.3 Å². The van der Waals surface area contributed by atoms with Gasteiger partial charge in [-0.1, -0.05) is 29.0 Å². The van der Waals surface area contributed by atoms with Gasteiger partial charge in [-0.3, -0.25) is 4.79 Å². The third kappa shape index (κ3) is 3.27. The van der Waals surface area contributed by atoms with Crippen molar-refractivity contribution in [3.63, 3.8) is 0 Å². The predicted molar refractivity (Wildman–Crippen MR) is 99.9 cm³/mol. The molecule has 3 rings (SSSR count). The molecule has 0 unspecified atom stereocenters. The molecule has 7 heteroatoms. The zero-order valence-electron chi connectivity index (χ0n) is 14.1. The average Bonchev–Trinajstić information content (AvgIpc) is 2.99. The van der Waals surface area contributed by atoms with Crippen molar-refractivity contribution < 1.29 is 14.3 Å². The molecule has 0 fully saturated rings. The second-order valence-corrected chi connectivity index (χ2v) is 6.62. The monoisotopic (exact) mass is 376 g/mol. The van der Waals surface area contributed by atoms with Gasteiger partial charge in [-0.15, -0.1) is 0 Å². The van der Waals surface area contributed by atoms with Crippen molar-refractivity contribution >= 4 is 39.1 Å². The molecule has 0 aliphatic carbocycles. The number of hydrogen-bond acceptors (Lipinski definition) is 4. The van der Waals surface area contributed by atoms with Crippen molar-refractivity contribution in [1.29, 1.82) is 0 Å². The predicted octanol–water partition coefficient (Wildman–Crippen LogP) is 4.13. The number of fused-ring (bicyclic) bond motifs is 1. The lowest BCUT2D eigenvalue weighted by Gasteiger charge is -2.07. The van der Waals surface area contributed by atoms with E-state index in [1.54, 1.807) is 25.3 Å². The van der Waals surface area contributed by atoms with Crippen LogP contribution in [0.3, 0.4) is 0 Å². The zero-order chi connectivity index (χ0) is 18.0. The highest BCUT2D eigenvalue weighted by molar-refractivity contribution is 7.16. The summed E-state index contributed by atoms with van der Waals surface area (Å²) in [4.78, 5) is 17.5. The van der Waals surface area contributed by atoms with Crippen LogP contribution in [0.2, 0.25) is 5.02 Å². The van der Waals surface area contributed by atoms with Gasteiger partial charge >= 0.3 is 0 Å². The van der Waals surface area contributed by atoms with Gasteiger partial charge in [-0.2, -0.15) is 4.99 Å². The van der Waals surface area contributed by atoms with E-state index in [2.05, 4.69) is 4.99 Å². The number of benzene rings is 2. The Morgan fingerprint density at radius 1 is 1.20 bits per heavy atom. The standard InChI is InChI=1S/C18H17ClN2O3S/c1-4-21-16-12(19)6-5-7-15(16)25-18(21)20-17(22)11-8-9-13(23-2)14(10-11)24-3/h5-10H,4H2,1-3H3. The van der Waals surface area contributed by atoms with Gasteiger partial charge in [0.2, 0.25) is 0 Å². The minimum absolute atomic E-state index is 0.342. The number of amides is 1. The molecule has 0 N–H and O–H groups in total. The molecule has 2 aromatic carbocycles. The highest BCUT2D eigenvalue weighted by Gasteiger charge is 2.13. The smallest absolute Gasteiger partial charge is 0.279 e. The van der Waals surface area contributed by atoms with Gasteiger partial charge in [0.1, 0.15) is 0 Å². The van der Waals surface area contributed by atoms with Gasteiger partial charge in [0.25, 0.3) is 5.91 Å². The molecule has 0 aliphatic heterocycles. The highest BCUT2D eigenvalue weighted by atomic mass is 35.5. The lowest BCUT2D eigenvalue weighted by Crippen LogP contribution is -2.16. The Kier molecular flexibility index (Phi) is 5.11. The summed E-state index contributed by atoms with van der Waals surface area (Å²) in [6.45, 7) is 2.66. The van der Waals surface area contributed by atoms with Gasteiger partial charge in [-0.25, -0.2) is 0 Å². The Morgan fingerprint density at radius 2 is 1.96 bits per heavy atom. The number of thiazole rings is 1. The maximum atomic E-state index is 12.6. The van der Waals surface area contributed by atoms with Crippen LogP contribution in [0.15, 0.2) is 41.4 Å². The molecule has 5 nitrogen and oxygen atoms in total. The Hall–Kier alpha value is -2.31. The summed E-state index contributed by atoms with van der Waals surface area (Å²) in [6, 6.07) is 10.7. The molecule has 0 saturated heterocycles. The molecule has 1 amide bonds. The first kappa shape index (κ1) is 17.5. The average molecular weight is 377 g/mol. The van der Waals surface area contributed by atoms with Gasteiger partial charge < -0.3 is 14.0 Å². The summed E-state index contributed by atoms with van der Waals surface area (Å²) < 4.78 is 13.4. The Morgan fingerprint density at radius 3 is 2.64 bits per heavy atom. The summed E-state index contributed by atoms with van der Waals surface area (Å²) in [5.74, 6) is 0.716. The van der Waals surface area contributed by atoms with Gasteiger partial charge in [0, 0.05) is 12.1 Å². The molecule has 3 aromatic rings. The lowest BCUT2D eigenvalue weighted by atomic mass is 10.2. The van der Waals surface area contributed by atoms with E-state index in [9.17, 15) is 4.79 Å². The van der Waals surface area contributed by atoms with Crippen molar-refractivity contribution in [2.45, 2.75) is 13.5 Å². The second kappa shape index (κ2) is 7.29. The number of ether oxygens (including phenoxy) is 2. The molecule has 1 heterocycles. The molecule has 0 saturated carbocycles. The molecule has 0 atom stereocenters. The number of carbonyl (C=O) groups excluding carboxylic acids is 1. The van der Waals surface area contributed by atoms with E-state index in [1.807, 2.05) is 29.7 Å². The van der Waals surface area contributed by atoms with Crippen molar-refractivity contribution in [1.82, 2.24) is 4.57 Å². The first-order chi connectivity index (χ1) is 12.1. The molecule has 0 radical (unpaired) electrons. The molecule has 0 aliphatic rings. The summed E-state index contributed by atoms with van der Waals surface area (Å²) in [7, 11) is 3.08. The van der Waals surface area contributed by atoms with Crippen LogP contribution in [0.5, 0.6) is 11.5 Å². The molecule has 0 spiro atoms. The van der Waals surface area contributed by atoms with E-state index in [0.717, 1.165) is 10.2 Å². The van der Waals surface area contributed by atoms with Gasteiger partial charge in [-0.05, 0) is 37.3 Å². The Labute approximate surface area is 154 Å². The lowest BCUT2D eigenvalue weighted by molar-refractivity contribution is 0.0997. The Bertz CT molecular complexity index is 1010. The number of hydrogen-bond donors (Lipinski definition) is 0. The fraction of sp³-hybridized carbons (Fsp3) is 0.222. The normalized spacial score (nSPS) is 11.8. The number of aromatic nitrogens is 1. The van der Waals surface area contributed by atoms with Crippen LogP contribution >= 0.6 is 22.9 Å². The first-order valence-electron chi connectivity index (χ1n) is 7.68. The van der Waals surface area contributed by atoms with Crippen LogP contribution in [0.25, 0.3) is 10.2 Å². The van der Waals surface area contributed by atoms with Crippen molar-refractivity contribution in [3.8, 4) is 11.5 Å². The van der Waals surface area contributed by atoms with Crippen molar-refractivity contribution in [3.05, 3.63) is 51.8 Å². The van der Waals surface area contributed by atoms with Crippen LogP contribution in [-0.2, 0) is 6.54 Å². The van der Waals surface area contributed by atoms with E-state index in [-0.39, 0.29) is 5.91 Å². The topological polar surface area (TPSA) is 52.8 Å². The number of rotatable bonds is 4. The summed E-state index contributed by atoms with van der Waals surface area (Å²) in [5, 5.41) is 0.649. The van der Waals surface area contributed by atoms with E-state index >= 15 is 0 Å². The third-order valence-electron chi connectivity index (χ3n) is 3.80. The molecule has 1 aromatic heterocycles. The third-order valence-corrected chi connectivity index (χ3v) is 5.14. The van der Waals surface area contributed by atoms with E-state index < -0.39 is 0 Å². The molecule has 0 bridgehead atoms. The number of para-hydroxylation sites is 1. The molecule has 130 valence electrons. The number of methoxy groups -OCH3 is 2. The van der Waals surface area contributed by atoms with E-state index in [4.69, 9.17) is 21.1 Å².